The maximum Gasteiger partial charge on any atom is 0.277 e. The fourth-order valence-electron chi connectivity index (χ4n) is 1.37. The van der Waals surface area contributed by atoms with Crippen molar-refractivity contribution in [1.82, 2.24) is 15.4 Å². The van der Waals surface area contributed by atoms with Crippen molar-refractivity contribution in [2.24, 2.45) is 0 Å². The molecule has 1 amide bonds. The zero-order valence-electron chi connectivity index (χ0n) is 9.11. The molecule has 0 aliphatic rings. The number of nitrogens with one attached hydrogen (secondary N) is 2. The highest BCUT2D eigenvalue weighted by Gasteiger charge is 2.09. The van der Waals surface area contributed by atoms with Gasteiger partial charge in [-0.25, -0.2) is 0 Å². The van der Waals surface area contributed by atoms with E-state index in [-0.39, 0.29) is 11.6 Å². The van der Waals surface area contributed by atoms with Crippen molar-refractivity contribution >= 4 is 11.6 Å². The topological polar surface area (TPSA) is 70.7 Å². The van der Waals surface area contributed by atoms with Gasteiger partial charge in [-0.2, -0.15) is 15.4 Å². The number of rotatable bonds is 2. The van der Waals surface area contributed by atoms with Gasteiger partial charge < -0.3 is 5.32 Å². The van der Waals surface area contributed by atoms with Gasteiger partial charge in [-0.3, -0.25) is 4.79 Å². The molecular formula is C11H12N4O. The third-order valence-electron chi connectivity index (χ3n) is 2.29. The molecule has 1 heterocycles. The minimum absolute atomic E-state index is 0.262. The van der Waals surface area contributed by atoms with E-state index in [4.69, 9.17) is 0 Å². The molecule has 0 aliphatic carbocycles. The first kappa shape index (κ1) is 10.4. The van der Waals surface area contributed by atoms with Gasteiger partial charge in [0.2, 0.25) is 0 Å². The molecule has 0 aliphatic heterocycles. The normalized spacial score (nSPS) is 10.1. The number of aromatic amines is 1. The second-order valence-electron chi connectivity index (χ2n) is 3.63. The van der Waals surface area contributed by atoms with Gasteiger partial charge in [-0.05, 0) is 31.0 Å². The number of carbonyl (C=O) groups is 1. The predicted molar refractivity (Wildman–Crippen MR) is 60.3 cm³/mol. The van der Waals surface area contributed by atoms with Gasteiger partial charge in [0.25, 0.3) is 5.91 Å². The van der Waals surface area contributed by atoms with Gasteiger partial charge in [0.15, 0.2) is 5.69 Å². The largest absolute Gasteiger partial charge is 0.320 e. The van der Waals surface area contributed by atoms with Crippen molar-refractivity contribution in [3.05, 3.63) is 41.2 Å². The third kappa shape index (κ3) is 2.08. The first-order chi connectivity index (χ1) is 7.66. The van der Waals surface area contributed by atoms with Crippen molar-refractivity contribution in [2.45, 2.75) is 13.8 Å². The average Bonchev–Trinajstić information content (AvgIpc) is 2.76. The Morgan fingerprint density at radius 3 is 2.88 bits per heavy atom. The van der Waals surface area contributed by atoms with Crippen molar-refractivity contribution < 1.29 is 4.79 Å². The monoisotopic (exact) mass is 216 g/mol. The maximum atomic E-state index is 11.7. The SMILES string of the molecule is Cc1ccc(C)c(NC(=O)c2cn[nH]n2)c1. The lowest BCUT2D eigenvalue weighted by molar-refractivity contribution is 0.102. The fraction of sp³-hybridized carbons (Fsp3) is 0.182. The van der Waals surface area contributed by atoms with E-state index in [0.717, 1.165) is 16.8 Å². The molecule has 2 N–H and O–H groups in total. The van der Waals surface area contributed by atoms with E-state index in [0.29, 0.717) is 0 Å². The molecule has 0 saturated carbocycles. The van der Waals surface area contributed by atoms with Crippen LogP contribution >= 0.6 is 0 Å². The molecule has 2 rings (SSSR count). The Bertz CT molecular complexity index is 505. The van der Waals surface area contributed by atoms with Crippen LogP contribution in [0.1, 0.15) is 21.6 Å². The second-order valence-corrected chi connectivity index (χ2v) is 3.63. The van der Waals surface area contributed by atoms with Gasteiger partial charge in [0.1, 0.15) is 0 Å². The summed E-state index contributed by atoms with van der Waals surface area (Å²) in [6.45, 7) is 3.92. The summed E-state index contributed by atoms with van der Waals surface area (Å²) in [5.74, 6) is -0.262. The van der Waals surface area contributed by atoms with E-state index >= 15 is 0 Å². The van der Waals surface area contributed by atoms with Crippen molar-refractivity contribution in [3.63, 3.8) is 0 Å². The van der Waals surface area contributed by atoms with Gasteiger partial charge in [0, 0.05) is 5.69 Å². The van der Waals surface area contributed by atoms with Gasteiger partial charge in [-0.15, -0.1) is 0 Å². The summed E-state index contributed by atoms with van der Waals surface area (Å²) in [6, 6.07) is 5.89. The number of aromatic nitrogens is 3. The zero-order chi connectivity index (χ0) is 11.5. The first-order valence-corrected chi connectivity index (χ1v) is 4.91. The number of benzene rings is 1. The van der Waals surface area contributed by atoms with E-state index < -0.39 is 0 Å². The second kappa shape index (κ2) is 4.14. The Balaban J connectivity index is 2.21. The Morgan fingerprint density at radius 1 is 1.38 bits per heavy atom. The molecule has 0 atom stereocenters. The average molecular weight is 216 g/mol. The summed E-state index contributed by atoms with van der Waals surface area (Å²) >= 11 is 0. The summed E-state index contributed by atoms with van der Waals surface area (Å²) in [5, 5.41) is 12.5. The molecule has 5 heteroatoms. The summed E-state index contributed by atoms with van der Waals surface area (Å²) in [6.07, 6.45) is 1.39. The molecule has 0 saturated heterocycles. The fourth-order valence-corrected chi connectivity index (χ4v) is 1.37. The van der Waals surface area contributed by atoms with Gasteiger partial charge >= 0.3 is 0 Å². The van der Waals surface area contributed by atoms with Crippen LogP contribution in [0.4, 0.5) is 5.69 Å². The van der Waals surface area contributed by atoms with Crippen LogP contribution in [0.3, 0.4) is 0 Å². The molecule has 0 unspecified atom stereocenters. The van der Waals surface area contributed by atoms with E-state index in [1.54, 1.807) is 0 Å². The number of H-pyrrole nitrogens is 1. The summed E-state index contributed by atoms with van der Waals surface area (Å²) in [5.41, 5.74) is 3.19. The standard InChI is InChI=1S/C11H12N4O/c1-7-3-4-8(2)9(5-7)13-11(16)10-6-12-15-14-10/h3-6H,1-2H3,(H,13,16)(H,12,14,15). The van der Waals surface area contributed by atoms with Crippen molar-refractivity contribution in [2.75, 3.05) is 5.32 Å². The van der Waals surface area contributed by atoms with Crippen LogP contribution in [0.5, 0.6) is 0 Å². The minimum atomic E-state index is -0.262. The molecular weight excluding hydrogens is 204 g/mol. The molecule has 82 valence electrons. The van der Waals surface area contributed by atoms with Crippen molar-refractivity contribution in [3.8, 4) is 0 Å². The van der Waals surface area contributed by atoms with E-state index in [1.165, 1.54) is 6.20 Å². The molecule has 2 aromatic rings. The molecule has 16 heavy (non-hydrogen) atoms. The van der Waals surface area contributed by atoms with Crippen molar-refractivity contribution in [1.29, 1.82) is 0 Å². The smallest absolute Gasteiger partial charge is 0.277 e. The lowest BCUT2D eigenvalue weighted by atomic mass is 10.1. The summed E-state index contributed by atoms with van der Waals surface area (Å²) < 4.78 is 0. The van der Waals surface area contributed by atoms with Crippen LogP contribution in [0.15, 0.2) is 24.4 Å². The maximum absolute atomic E-state index is 11.7. The highest BCUT2D eigenvalue weighted by Crippen LogP contribution is 2.16. The minimum Gasteiger partial charge on any atom is -0.320 e. The number of carbonyl (C=O) groups excluding carboxylic acids is 1. The highest BCUT2D eigenvalue weighted by atomic mass is 16.2. The number of aryl methyl sites for hydroxylation is 2. The number of hydrogen-bond donors (Lipinski definition) is 2. The number of hydrogen-bond acceptors (Lipinski definition) is 3. The zero-order valence-corrected chi connectivity index (χ0v) is 9.11. The van der Waals surface area contributed by atoms with Crippen LogP contribution in [0.2, 0.25) is 0 Å². The molecule has 1 aromatic carbocycles. The number of amides is 1. The number of anilines is 1. The lowest BCUT2D eigenvalue weighted by Gasteiger charge is -2.07. The van der Waals surface area contributed by atoms with E-state index in [2.05, 4.69) is 20.7 Å². The van der Waals surface area contributed by atoms with Crippen LogP contribution in [0.25, 0.3) is 0 Å². The summed E-state index contributed by atoms with van der Waals surface area (Å²) in [4.78, 5) is 11.7. The quantitative estimate of drug-likeness (QED) is 0.802. The van der Waals surface area contributed by atoms with E-state index in [9.17, 15) is 4.79 Å². The predicted octanol–water partition coefficient (Wildman–Crippen LogP) is 1.67. The van der Waals surface area contributed by atoms with Crippen LogP contribution < -0.4 is 5.32 Å². The molecule has 0 fully saturated rings. The molecule has 0 spiro atoms. The third-order valence-corrected chi connectivity index (χ3v) is 2.29. The Kier molecular flexibility index (Phi) is 2.68. The van der Waals surface area contributed by atoms with Gasteiger partial charge in [-0.1, -0.05) is 12.1 Å². The highest BCUT2D eigenvalue weighted by molar-refractivity contribution is 6.03. The van der Waals surface area contributed by atoms with Gasteiger partial charge in [0.05, 0.1) is 6.20 Å². The molecule has 0 bridgehead atoms. The molecule has 5 nitrogen and oxygen atoms in total. The summed E-state index contributed by atoms with van der Waals surface area (Å²) in [7, 11) is 0. The van der Waals surface area contributed by atoms with Crippen LogP contribution in [0, 0.1) is 13.8 Å². The first-order valence-electron chi connectivity index (χ1n) is 4.91. The van der Waals surface area contributed by atoms with E-state index in [1.807, 2.05) is 32.0 Å². The van der Waals surface area contributed by atoms with Crippen LogP contribution in [-0.4, -0.2) is 21.3 Å². The Hall–Kier alpha value is -2.17. The number of nitrogens with zero attached hydrogens (tertiary/aromatic N) is 2. The molecule has 1 aromatic heterocycles. The Morgan fingerprint density at radius 2 is 2.19 bits per heavy atom. The lowest BCUT2D eigenvalue weighted by Crippen LogP contribution is -2.13. The van der Waals surface area contributed by atoms with Crippen LogP contribution in [-0.2, 0) is 0 Å². The Labute approximate surface area is 92.9 Å². The molecule has 0 radical (unpaired) electrons.